The number of nitrogen functional groups attached to an aromatic ring is 1. The maximum Gasteiger partial charge on any atom is 0.340 e. The first-order chi connectivity index (χ1) is 10.1. The molecule has 0 aliphatic heterocycles. The van der Waals surface area contributed by atoms with Gasteiger partial charge in [-0.3, -0.25) is 0 Å². The van der Waals surface area contributed by atoms with Gasteiger partial charge in [-0.05, 0) is 24.6 Å². The highest BCUT2D eigenvalue weighted by Gasteiger charge is 2.12. The van der Waals surface area contributed by atoms with E-state index in [9.17, 15) is 9.18 Å². The zero-order valence-corrected chi connectivity index (χ0v) is 11.6. The van der Waals surface area contributed by atoms with E-state index in [1.807, 2.05) is 30.3 Å². The first-order valence-corrected chi connectivity index (χ1v) is 6.42. The Bertz CT molecular complexity index is 606. The molecule has 110 valence electrons. The van der Waals surface area contributed by atoms with Crippen molar-refractivity contribution in [2.75, 3.05) is 12.5 Å². The first-order valence-electron chi connectivity index (χ1n) is 6.42. The molecule has 2 aromatic carbocycles. The lowest BCUT2D eigenvalue weighted by Gasteiger charge is -2.08. The van der Waals surface area contributed by atoms with E-state index in [1.165, 1.54) is 6.07 Å². The van der Waals surface area contributed by atoms with Crippen molar-refractivity contribution in [3.05, 3.63) is 65.0 Å². The van der Waals surface area contributed by atoms with Gasteiger partial charge in [0.05, 0.1) is 12.2 Å². The number of halogens is 1. The van der Waals surface area contributed by atoms with Crippen molar-refractivity contribution in [2.24, 2.45) is 0 Å². The fourth-order valence-electron chi connectivity index (χ4n) is 1.73. The second-order valence-electron chi connectivity index (χ2n) is 4.56. The lowest BCUT2D eigenvalue weighted by atomic mass is 10.1. The van der Waals surface area contributed by atoms with E-state index in [-0.39, 0.29) is 18.0 Å². The highest BCUT2D eigenvalue weighted by Crippen LogP contribution is 2.18. The van der Waals surface area contributed by atoms with Gasteiger partial charge in [-0.1, -0.05) is 30.3 Å². The molecule has 0 unspecified atom stereocenters. The average molecular weight is 289 g/mol. The molecule has 0 heterocycles. The Hall–Kier alpha value is -2.40. The summed E-state index contributed by atoms with van der Waals surface area (Å²) in [4.78, 5) is 11.7. The molecular weight excluding hydrogens is 273 g/mol. The second-order valence-corrected chi connectivity index (χ2v) is 4.56. The fraction of sp³-hybridized carbons (Fsp3) is 0.188. The van der Waals surface area contributed by atoms with Crippen LogP contribution in [0.3, 0.4) is 0 Å². The summed E-state index contributed by atoms with van der Waals surface area (Å²) < 4.78 is 23.6. The van der Waals surface area contributed by atoms with Gasteiger partial charge in [0.25, 0.3) is 0 Å². The minimum absolute atomic E-state index is 0.0684. The van der Waals surface area contributed by atoms with Gasteiger partial charge >= 0.3 is 5.97 Å². The van der Waals surface area contributed by atoms with Crippen molar-refractivity contribution in [1.29, 1.82) is 0 Å². The molecule has 0 saturated carbocycles. The summed E-state index contributed by atoms with van der Waals surface area (Å²) in [7, 11) is 0. The number of carbonyl (C=O) groups excluding carboxylic acids is 1. The zero-order valence-electron chi connectivity index (χ0n) is 11.6. The highest BCUT2D eigenvalue weighted by molar-refractivity contribution is 5.90. The molecule has 5 heteroatoms. The van der Waals surface area contributed by atoms with Crippen LogP contribution in [0.25, 0.3) is 0 Å². The quantitative estimate of drug-likeness (QED) is 0.398. The molecule has 4 nitrogen and oxygen atoms in total. The SMILES string of the molecule is Cc1c(N)cc(C(=O)OCOCc2ccccc2)cc1F. The van der Waals surface area contributed by atoms with E-state index in [2.05, 4.69) is 0 Å². The smallest absolute Gasteiger partial charge is 0.340 e. The van der Waals surface area contributed by atoms with Crippen LogP contribution in [0.1, 0.15) is 21.5 Å². The Balaban J connectivity index is 1.85. The molecule has 21 heavy (non-hydrogen) atoms. The van der Waals surface area contributed by atoms with Gasteiger partial charge in [-0.15, -0.1) is 0 Å². The standard InChI is InChI=1S/C16H16FNO3/c1-11-14(17)7-13(8-15(11)18)16(19)21-10-20-9-12-5-3-2-4-6-12/h2-8H,9-10,18H2,1H3. The summed E-state index contributed by atoms with van der Waals surface area (Å²) in [5.74, 6) is -1.21. The summed E-state index contributed by atoms with van der Waals surface area (Å²) in [5.41, 5.74) is 7.18. The molecule has 2 aromatic rings. The van der Waals surface area contributed by atoms with Crippen molar-refractivity contribution in [3.63, 3.8) is 0 Å². The van der Waals surface area contributed by atoms with E-state index in [1.54, 1.807) is 6.92 Å². The summed E-state index contributed by atoms with van der Waals surface area (Å²) in [6.07, 6.45) is 0. The first kappa shape index (κ1) is 15.0. The van der Waals surface area contributed by atoms with E-state index in [0.29, 0.717) is 12.2 Å². The molecule has 0 atom stereocenters. The molecule has 0 spiro atoms. The lowest BCUT2D eigenvalue weighted by molar-refractivity contribution is -0.0381. The Morgan fingerprint density at radius 3 is 2.62 bits per heavy atom. The molecule has 2 rings (SSSR count). The largest absolute Gasteiger partial charge is 0.435 e. The van der Waals surface area contributed by atoms with Crippen molar-refractivity contribution in [1.82, 2.24) is 0 Å². The molecule has 0 aliphatic rings. The van der Waals surface area contributed by atoms with Crippen molar-refractivity contribution in [3.8, 4) is 0 Å². The van der Waals surface area contributed by atoms with Gasteiger partial charge < -0.3 is 15.2 Å². The summed E-state index contributed by atoms with van der Waals surface area (Å²) in [6, 6.07) is 12.0. The van der Waals surface area contributed by atoms with Crippen LogP contribution >= 0.6 is 0 Å². The Morgan fingerprint density at radius 1 is 1.24 bits per heavy atom. The molecular formula is C16H16FNO3. The number of benzene rings is 2. The average Bonchev–Trinajstić information content (AvgIpc) is 2.49. The Kier molecular flexibility index (Phi) is 4.90. The van der Waals surface area contributed by atoms with Gasteiger partial charge in [0.1, 0.15) is 5.82 Å². The predicted octanol–water partition coefficient (Wildman–Crippen LogP) is 3.05. The highest BCUT2D eigenvalue weighted by atomic mass is 19.1. The predicted molar refractivity (Wildman–Crippen MR) is 77.1 cm³/mol. The Labute approximate surface area is 122 Å². The second kappa shape index (κ2) is 6.85. The van der Waals surface area contributed by atoms with Gasteiger partial charge in [0.15, 0.2) is 6.79 Å². The number of hydrogen-bond donors (Lipinski definition) is 1. The van der Waals surface area contributed by atoms with E-state index in [0.717, 1.165) is 11.6 Å². The maximum atomic E-state index is 13.5. The topological polar surface area (TPSA) is 61.6 Å². The third-order valence-corrected chi connectivity index (χ3v) is 3.01. The molecule has 0 saturated heterocycles. The summed E-state index contributed by atoms with van der Waals surface area (Å²) in [6.45, 7) is 1.67. The van der Waals surface area contributed by atoms with Crippen LogP contribution in [0.4, 0.5) is 10.1 Å². The number of ether oxygens (including phenoxy) is 2. The number of carbonyl (C=O) groups is 1. The van der Waals surface area contributed by atoms with Crippen LogP contribution in [-0.4, -0.2) is 12.8 Å². The fourth-order valence-corrected chi connectivity index (χ4v) is 1.73. The molecule has 0 radical (unpaired) electrons. The molecule has 0 fully saturated rings. The van der Waals surface area contributed by atoms with Crippen LogP contribution in [0, 0.1) is 12.7 Å². The van der Waals surface area contributed by atoms with Crippen LogP contribution in [0.5, 0.6) is 0 Å². The van der Waals surface area contributed by atoms with Crippen LogP contribution < -0.4 is 5.73 Å². The number of esters is 1. The third-order valence-electron chi connectivity index (χ3n) is 3.01. The van der Waals surface area contributed by atoms with Crippen LogP contribution in [-0.2, 0) is 16.1 Å². The van der Waals surface area contributed by atoms with E-state index < -0.39 is 11.8 Å². The normalized spacial score (nSPS) is 10.4. The zero-order chi connectivity index (χ0) is 15.2. The molecule has 0 aromatic heterocycles. The number of rotatable bonds is 5. The molecule has 2 N–H and O–H groups in total. The van der Waals surface area contributed by atoms with E-state index >= 15 is 0 Å². The van der Waals surface area contributed by atoms with Crippen molar-refractivity contribution >= 4 is 11.7 Å². The number of nitrogens with two attached hydrogens (primary N) is 1. The number of hydrogen-bond acceptors (Lipinski definition) is 4. The van der Waals surface area contributed by atoms with Gasteiger partial charge in [-0.2, -0.15) is 0 Å². The molecule has 0 aliphatic carbocycles. The maximum absolute atomic E-state index is 13.5. The molecule has 0 amide bonds. The minimum Gasteiger partial charge on any atom is -0.435 e. The van der Waals surface area contributed by atoms with Crippen LogP contribution in [0.15, 0.2) is 42.5 Å². The van der Waals surface area contributed by atoms with E-state index in [4.69, 9.17) is 15.2 Å². The summed E-state index contributed by atoms with van der Waals surface area (Å²) in [5, 5.41) is 0. The van der Waals surface area contributed by atoms with Gasteiger partial charge in [-0.25, -0.2) is 9.18 Å². The van der Waals surface area contributed by atoms with Gasteiger partial charge in [0.2, 0.25) is 0 Å². The van der Waals surface area contributed by atoms with Crippen LogP contribution in [0.2, 0.25) is 0 Å². The van der Waals surface area contributed by atoms with Crippen molar-refractivity contribution < 1.29 is 18.7 Å². The number of anilines is 1. The lowest BCUT2D eigenvalue weighted by Crippen LogP contribution is -2.10. The monoisotopic (exact) mass is 289 g/mol. The molecule has 0 bridgehead atoms. The summed E-state index contributed by atoms with van der Waals surface area (Å²) >= 11 is 0. The Morgan fingerprint density at radius 2 is 1.95 bits per heavy atom. The minimum atomic E-state index is -0.673. The third kappa shape index (κ3) is 4.03. The van der Waals surface area contributed by atoms with Crippen molar-refractivity contribution in [2.45, 2.75) is 13.5 Å². The van der Waals surface area contributed by atoms with Gasteiger partial charge in [0, 0.05) is 11.3 Å².